The fraction of sp³-hybridized carbons (Fsp3) is 0.400. The number of methoxy groups -OCH3 is 2. The van der Waals surface area contributed by atoms with Gasteiger partial charge in [-0.2, -0.15) is 0 Å². The Kier molecular flexibility index (Phi) is 6.47. The van der Waals surface area contributed by atoms with Crippen LogP contribution in [0.1, 0.15) is 30.4 Å². The lowest BCUT2D eigenvalue weighted by Crippen LogP contribution is -2.48. The van der Waals surface area contributed by atoms with Crippen LogP contribution in [0.25, 0.3) is 10.9 Å². The molecule has 1 unspecified atom stereocenters. The topological polar surface area (TPSA) is 57.8 Å². The van der Waals surface area contributed by atoms with Crippen molar-refractivity contribution in [2.24, 2.45) is 0 Å². The zero-order valence-electron chi connectivity index (χ0n) is 18.6. The maximum atomic E-state index is 13.4. The molecule has 1 fully saturated rings. The maximum Gasteiger partial charge on any atom is 0.223 e. The van der Waals surface area contributed by atoms with Crippen molar-refractivity contribution in [3.05, 3.63) is 59.8 Å². The number of aromatic nitrogens is 1. The van der Waals surface area contributed by atoms with E-state index in [9.17, 15) is 4.79 Å². The minimum absolute atomic E-state index is 0.141. The maximum absolute atomic E-state index is 13.4. The summed E-state index contributed by atoms with van der Waals surface area (Å²) in [4.78, 5) is 21.1. The number of nitrogens with one attached hydrogen (secondary N) is 1. The van der Waals surface area contributed by atoms with Gasteiger partial charge in [-0.25, -0.2) is 0 Å². The third-order valence-electron chi connectivity index (χ3n) is 6.36. The molecule has 3 aromatic rings. The van der Waals surface area contributed by atoms with Crippen molar-refractivity contribution in [3.8, 4) is 11.5 Å². The number of H-pyrrole nitrogens is 1. The average molecular weight is 422 g/mol. The van der Waals surface area contributed by atoms with E-state index in [-0.39, 0.29) is 11.8 Å². The molecule has 1 aliphatic rings. The van der Waals surface area contributed by atoms with Gasteiger partial charge in [-0.05, 0) is 24.2 Å². The highest BCUT2D eigenvalue weighted by atomic mass is 16.5. The molecule has 1 amide bonds. The van der Waals surface area contributed by atoms with Crippen molar-refractivity contribution in [2.45, 2.75) is 19.3 Å². The van der Waals surface area contributed by atoms with Crippen LogP contribution in [0.4, 0.5) is 0 Å². The van der Waals surface area contributed by atoms with Gasteiger partial charge in [0.05, 0.1) is 14.2 Å². The van der Waals surface area contributed by atoms with Gasteiger partial charge in [-0.3, -0.25) is 4.79 Å². The molecule has 4 rings (SSSR count). The van der Waals surface area contributed by atoms with E-state index in [0.717, 1.165) is 54.8 Å². The number of hydrogen-bond acceptors (Lipinski definition) is 4. The second-order valence-electron chi connectivity index (χ2n) is 7.94. The number of carbonyl (C=O) groups excluding carboxylic acids is 1. The minimum Gasteiger partial charge on any atom is -0.493 e. The number of rotatable bonds is 7. The molecule has 164 valence electrons. The SMILES string of the molecule is CCN1CCN(C(=O)CC(c2cccc(OC)c2OC)c2c[nH]c3ccccc23)CC1. The first kappa shape index (κ1) is 21.2. The van der Waals surface area contributed by atoms with Crippen LogP contribution < -0.4 is 9.47 Å². The highest BCUT2D eigenvalue weighted by molar-refractivity contribution is 5.86. The van der Waals surface area contributed by atoms with Crippen molar-refractivity contribution in [2.75, 3.05) is 46.9 Å². The van der Waals surface area contributed by atoms with Crippen LogP contribution in [-0.4, -0.2) is 67.6 Å². The highest BCUT2D eigenvalue weighted by Gasteiger charge is 2.29. The van der Waals surface area contributed by atoms with Crippen LogP contribution in [0.15, 0.2) is 48.7 Å². The van der Waals surface area contributed by atoms with E-state index < -0.39 is 0 Å². The van der Waals surface area contributed by atoms with Gasteiger partial charge in [0.2, 0.25) is 5.91 Å². The van der Waals surface area contributed by atoms with E-state index in [1.54, 1.807) is 14.2 Å². The van der Waals surface area contributed by atoms with Crippen molar-refractivity contribution < 1.29 is 14.3 Å². The highest BCUT2D eigenvalue weighted by Crippen LogP contribution is 2.42. The van der Waals surface area contributed by atoms with E-state index in [1.165, 1.54) is 0 Å². The van der Waals surface area contributed by atoms with Crippen LogP contribution in [-0.2, 0) is 4.79 Å². The van der Waals surface area contributed by atoms with Gasteiger partial charge in [0.1, 0.15) is 0 Å². The summed E-state index contributed by atoms with van der Waals surface area (Å²) in [6.45, 7) is 6.62. The third kappa shape index (κ3) is 4.26. The number of nitrogens with zero attached hydrogens (tertiary/aromatic N) is 2. The third-order valence-corrected chi connectivity index (χ3v) is 6.36. The number of carbonyl (C=O) groups is 1. The van der Waals surface area contributed by atoms with Crippen LogP contribution in [0.5, 0.6) is 11.5 Å². The van der Waals surface area contributed by atoms with Crippen molar-refractivity contribution in [1.82, 2.24) is 14.8 Å². The van der Waals surface area contributed by atoms with Gasteiger partial charge in [0, 0.05) is 61.2 Å². The fourth-order valence-corrected chi connectivity index (χ4v) is 4.57. The first-order valence-electron chi connectivity index (χ1n) is 10.9. The zero-order chi connectivity index (χ0) is 21.8. The number of ether oxygens (including phenoxy) is 2. The molecule has 1 N–H and O–H groups in total. The summed E-state index contributed by atoms with van der Waals surface area (Å²) >= 11 is 0. The molecule has 0 saturated carbocycles. The first-order valence-corrected chi connectivity index (χ1v) is 10.9. The van der Waals surface area contributed by atoms with Gasteiger partial charge in [0.15, 0.2) is 11.5 Å². The standard InChI is InChI=1S/C25H31N3O3/c1-4-27-12-14-28(15-13-27)24(29)16-20(19-9-7-11-23(30-2)25(19)31-3)21-17-26-22-10-6-5-8-18(21)22/h5-11,17,20,26H,4,12-16H2,1-3H3. The molecule has 0 spiro atoms. The average Bonchev–Trinajstić information content (AvgIpc) is 3.25. The van der Waals surface area contributed by atoms with Crippen molar-refractivity contribution in [1.29, 1.82) is 0 Å². The molecule has 1 saturated heterocycles. The van der Waals surface area contributed by atoms with Crippen LogP contribution >= 0.6 is 0 Å². The molecular weight excluding hydrogens is 390 g/mol. The lowest BCUT2D eigenvalue weighted by atomic mass is 9.87. The second-order valence-corrected chi connectivity index (χ2v) is 7.94. The number of benzene rings is 2. The van der Waals surface area contributed by atoms with Gasteiger partial charge in [0.25, 0.3) is 0 Å². The molecule has 2 heterocycles. The normalized spacial score (nSPS) is 15.8. The summed E-state index contributed by atoms with van der Waals surface area (Å²) in [5.74, 6) is 1.39. The molecule has 0 bridgehead atoms. The smallest absolute Gasteiger partial charge is 0.223 e. The molecular formula is C25H31N3O3. The molecule has 2 aromatic carbocycles. The van der Waals surface area contributed by atoms with Gasteiger partial charge >= 0.3 is 0 Å². The Bertz CT molecular complexity index is 1040. The van der Waals surface area contributed by atoms with E-state index >= 15 is 0 Å². The van der Waals surface area contributed by atoms with E-state index in [0.29, 0.717) is 17.9 Å². The molecule has 0 aliphatic carbocycles. The Morgan fingerprint density at radius 3 is 2.48 bits per heavy atom. The second kappa shape index (κ2) is 9.43. The fourth-order valence-electron chi connectivity index (χ4n) is 4.57. The number of fused-ring (bicyclic) bond motifs is 1. The molecule has 6 heteroatoms. The van der Waals surface area contributed by atoms with E-state index in [1.807, 2.05) is 41.4 Å². The largest absolute Gasteiger partial charge is 0.493 e. The zero-order valence-corrected chi connectivity index (χ0v) is 18.6. The summed E-state index contributed by atoms with van der Waals surface area (Å²) in [5.41, 5.74) is 3.13. The predicted octanol–water partition coefficient (Wildman–Crippen LogP) is 3.87. The van der Waals surface area contributed by atoms with Gasteiger partial charge in [-0.1, -0.05) is 37.3 Å². The van der Waals surface area contributed by atoms with Crippen LogP contribution in [0, 0.1) is 0 Å². The Labute approximate surface area is 183 Å². The Hall–Kier alpha value is -2.99. The first-order chi connectivity index (χ1) is 15.2. The van der Waals surface area contributed by atoms with E-state index in [4.69, 9.17) is 9.47 Å². The number of likely N-dealkylation sites (N-methyl/N-ethyl adjacent to an activating group) is 1. The van der Waals surface area contributed by atoms with Gasteiger partial charge in [-0.15, -0.1) is 0 Å². The summed E-state index contributed by atoms with van der Waals surface area (Å²) in [5, 5.41) is 1.13. The number of hydrogen-bond donors (Lipinski definition) is 1. The molecule has 31 heavy (non-hydrogen) atoms. The van der Waals surface area contributed by atoms with Gasteiger partial charge < -0.3 is 24.3 Å². The Morgan fingerprint density at radius 1 is 1.00 bits per heavy atom. The number of piperazine rings is 1. The minimum atomic E-state index is -0.141. The Morgan fingerprint density at radius 2 is 1.77 bits per heavy atom. The number of para-hydroxylation sites is 2. The summed E-state index contributed by atoms with van der Waals surface area (Å²) in [6, 6.07) is 14.1. The summed E-state index contributed by atoms with van der Waals surface area (Å²) in [7, 11) is 3.29. The molecule has 1 aliphatic heterocycles. The molecule has 0 radical (unpaired) electrons. The lowest BCUT2D eigenvalue weighted by Gasteiger charge is -2.35. The molecule has 1 atom stereocenters. The summed E-state index contributed by atoms with van der Waals surface area (Å²) in [6.07, 6.45) is 2.41. The Balaban J connectivity index is 1.71. The quantitative estimate of drug-likeness (QED) is 0.629. The number of amides is 1. The van der Waals surface area contributed by atoms with Crippen LogP contribution in [0.2, 0.25) is 0 Å². The van der Waals surface area contributed by atoms with Crippen molar-refractivity contribution in [3.63, 3.8) is 0 Å². The van der Waals surface area contributed by atoms with Crippen LogP contribution in [0.3, 0.4) is 0 Å². The molecule has 1 aromatic heterocycles. The lowest BCUT2D eigenvalue weighted by molar-refractivity contribution is -0.133. The predicted molar refractivity (Wildman–Crippen MR) is 123 cm³/mol. The molecule has 6 nitrogen and oxygen atoms in total. The summed E-state index contributed by atoms with van der Waals surface area (Å²) < 4.78 is 11.3. The van der Waals surface area contributed by atoms with E-state index in [2.05, 4.69) is 28.9 Å². The van der Waals surface area contributed by atoms with Crippen molar-refractivity contribution >= 4 is 16.8 Å². The monoisotopic (exact) mass is 421 g/mol. The number of aromatic amines is 1.